The molecule has 0 atom stereocenters. The van der Waals surface area contributed by atoms with Gasteiger partial charge in [0.05, 0.1) is 20.8 Å². The summed E-state index contributed by atoms with van der Waals surface area (Å²) < 4.78 is 16.1. The molecule has 5 heteroatoms. The van der Waals surface area contributed by atoms with Gasteiger partial charge in [0.25, 0.3) is 5.91 Å². The molecule has 0 heterocycles. The number of amides is 1. The lowest BCUT2D eigenvalue weighted by Gasteiger charge is -2.12. The Morgan fingerprint density at radius 3 is 2.40 bits per heavy atom. The van der Waals surface area contributed by atoms with Crippen LogP contribution in [-0.2, 0) is 6.42 Å². The monoisotopic (exact) mass is 343 g/mol. The van der Waals surface area contributed by atoms with Crippen molar-refractivity contribution in [3.05, 3.63) is 53.1 Å². The summed E-state index contributed by atoms with van der Waals surface area (Å²) in [6, 6.07) is 11.2. The molecular weight excluding hydrogens is 318 g/mol. The highest BCUT2D eigenvalue weighted by molar-refractivity contribution is 5.94. The third-order valence-corrected chi connectivity index (χ3v) is 3.84. The normalized spacial score (nSPS) is 10.2. The first-order valence-electron chi connectivity index (χ1n) is 8.31. The van der Waals surface area contributed by atoms with E-state index in [0.29, 0.717) is 36.6 Å². The van der Waals surface area contributed by atoms with Crippen molar-refractivity contribution in [2.45, 2.75) is 20.3 Å². The van der Waals surface area contributed by atoms with Crippen LogP contribution in [0.1, 0.15) is 28.4 Å². The molecule has 0 unspecified atom stereocenters. The number of methoxy groups -OCH3 is 2. The Labute approximate surface area is 148 Å². The quantitative estimate of drug-likeness (QED) is 0.798. The van der Waals surface area contributed by atoms with E-state index in [1.807, 2.05) is 26.0 Å². The first-order chi connectivity index (χ1) is 12.1. The summed E-state index contributed by atoms with van der Waals surface area (Å²) in [5.74, 6) is 1.87. The molecule has 0 bridgehead atoms. The summed E-state index contributed by atoms with van der Waals surface area (Å²) in [5.41, 5.74) is 2.78. The molecule has 0 saturated carbocycles. The van der Waals surface area contributed by atoms with Crippen molar-refractivity contribution in [2.75, 3.05) is 27.4 Å². The molecule has 0 spiro atoms. The molecule has 0 saturated heterocycles. The van der Waals surface area contributed by atoms with E-state index in [4.69, 9.17) is 14.2 Å². The van der Waals surface area contributed by atoms with E-state index in [1.165, 1.54) is 5.56 Å². The van der Waals surface area contributed by atoms with Gasteiger partial charge in [0.15, 0.2) is 11.5 Å². The van der Waals surface area contributed by atoms with Gasteiger partial charge in [-0.05, 0) is 50.1 Å². The molecule has 0 radical (unpaired) electrons. The topological polar surface area (TPSA) is 56.8 Å². The second kappa shape index (κ2) is 8.97. The number of hydrogen-bond donors (Lipinski definition) is 1. The molecule has 0 fully saturated rings. The first kappa shape index (κ1) is 18.6. The van der Waals surface area contributed by atoms with Gasteiger partial charge in [-0.2, -0.15) is 0 Å². The molecule has 25 heavy (non-hydrogen) atoms. The van der Waals surface area contributed by atoms with E-state index < -0.39 is 0 Å². The maximum Gasteiger partial charge on any atom is 0.251 e. The molecule has 0 aliphatic heterocycles. The van der Waals surface area contributed by atoms with Gasteiger partial charge in [-0.15, -0.1) is 0 Å². The van der Waals surface area contributed by atoms with Gasteiger partial charge < -0.3 is 19.5 Å². The fourth-order valence-corrected chi connectivity index (χ4v) is 2.60. The van der Waals surface area contributed by atoms with Gasteiger partial charge in [-0.25, -0.2) is 0 Å². The fraction of sp³-hybridized carbons (Fsp3) is 0.350. The van der Waals surface area contributed by atoms with Crippen molar-refractivity contribution in [3.63, 3.8) is 0 Å². The average molecular weight is 343 g/mol. The predicted molar refractivity (Wildman–Crippen MR) is 97.9 cm³/mol. The maximum absolute atomic E-state index is 12.4. The standard InChI is InChI=1S/C20H25NO4/c1-5-25-19-13-16(7-9-18(19)24-4)20(22)21-11-10-15-12-14(2)6-8-17(15)23-3/h6-9,12-13H,5,10-11H2,1-4H3,(H,21,22). The number of rotatable bonds is 8. The Balaban J connectivity index is 2.01. The summed E-state index contributed by atoms with van der Waals surface area (Å²) in [6.07, 6.45) is 0.699. The smallest absolute Gasteiger partial charge is 0.251 e. The molecule has 0 aliphatic rings. The minimum Gasteiger partial charge on any atom is -0.496 e. The van der Waals surface area contributed by atoms with Crippen LogP contribution in [0.3, 0.4) is 0 Å². The van der Waals surface area contributed by atoms with Gasteiger partial charge in [0, 0.05) is 12.1 Å². The van der Waals surface area contributed by atoms with Gasteiger partial charge in [0.1, 0.15) is 5.75 Å². The highest BCUT2D eigenvalue weighted by atomic mass is 16.5. The number of carbonyl (C=O) groups is 1. The third kappa shape index (κ3) is 4.89. The highest BCUT2D eigenvalue weighted by Crippen LogP contribution is 2.28. The molecule has 0 aliphatic carbocycles. The minimum absolute atomic E-state index is 0.143. The summed E-state index contributed by atoms with van der Waals surface area (Å²) in [4.78, 5) is 12.4. The molecule has 5 nitrogen and oxygen atoms in total. The lowest BCUT2D eigenvalue weighted by atomic mass is 10.1. The zero-order chi connectivity index (χ0) is 18.2. The number of hydrogen-bond acceptors (Lipinski definition) is 4. The van der Waals surface area contributed by atoms with E-state index in [-0.39, 0.29) is 5.91 Å². The van der Waals surface area contributed by atoms with Crippen LogP contribution < -0.4 is 19.5 Å². The van der Waals surface area contributed by atoms with Crippen molar-refractivity contribution < 1.29 is 19.0 Å². The number of benzene rings is 2. The maximum atomic E-state index is 12.4. The molecule has 0 aromatic heterocycles. The predicted octanol–water partition coefficient (Wildman–Crippen LogP) is 3.38. The Kier molecular flexibility index (Phi) is 6.69. The lowest BCUT2D eigenvalue weighted by molar-refractivity contribution is 0.0953. The molecule has 2 rings (SSSR count). The minimum atomic E-state index is -0.143. The van der Waals surface area contributed by atoms with E-state index in [2.05, 4.69) is 11.4 Å². The molecule has 2 aromatic carbocycles. The summed E-state index contributed by atoms with van der Waals surface area (Å²) in [6.45, 7) is 4.96. The van der Waals surface area contributed by atoms with Crippen molar-refractivity contribution in [2.24, 2.45) is 0 Å². The lowest BCUT2D eigenvalue weighted by Crippen LogP contribution is -2.25. The average Bonchev–Trinajstić information content (AvgIpc) is 2.62. The number of aryl methyl sites for hydroxylation is 1. The first-order valence-corrected chi connectivity index (χ1v) is 8.31. The summed E-state index contributed by atoms with van der Waals surface area (Å²) in [7, 11) is 3.23. The zero-order valence-corrected chi connectivity index (χ0v) is 15.2. The van der Waals surface area contributed by atoms with Crippen LogP contribution in [0.5, 0.6) is 17.2 Å². The van der Waals surface area contributed by atoms with Crippen LogP contribution >= 0.6 is 0 Å². The second-order valence-electron chi connectivity index (χ2n) is 5.62. The molecule has 134 valence electrons. The summed E-state index contributed by atoms with van der Waals surface area (Å²) in [5, 5.41) is 2.93. The third-order valence-electron chi connectivity index (χ3n) is 3.84. The van der Waals surface area contributed by atoms with E-state index in [0.717, 1.165) is 11.3 Å². The SMILES string of the molecule is CCOc1cc(C(=O)NCCc2cc(C)ccc2OC)ccc1OC. The molecular formula is C20H25NO4. The van der Waals surface area contributed by atoms with Gasteiger partial charge in [-0.3, -0.25) is 4.79 Å². The van der Waals surface area contributed by atoms with Crippen LogP contribution in [0.25, 0.3) is 0 Å². The van der Waals surface area contributed by atoms with Crippen molar-refractivity contribution >= 4 is 5.91 Å². The van der Waals surface area contributed by atoms with Crippen LogP contribution in [-0.4, -0.2) is 33.3 Å². The van der Waals surface area contributed by atoms with Gasteiger partial charge in [-0.1, -0.05) is 17.7 Å². The van der Waals surface area contributed by atoms with Gasteiger partial charge in [0.2, 0.25) is 0 Å². The molecule has 1 amide bonds. The molecule has 1 N–H and O–H groups in total. The highest BCUT2D eigenvalue weighted by Gasteiger charge is 2.11. The largest absolute Gasteiger partial charge is 0.496 e. The Morgan fingerprint density at radius 1 is 1.00 bits per heavy atom. The van der Waals surface area contributed by atoms with E-state index >= 15 is 0 Å². The Hall–Kier alpha value is -2.69. The summed E-state index contributed by atoms with van der Waals surface area (Å²) >= 11 is 0. The van der Waals surface area contributed by atoms with Crippen LogP contribution in [0.4, 0.5) is 0 Å². The Morgan fingerprint density at radius 2 is 1.72 bits per heavy atom. The van der Waals surface area contributed by atoms with Crippen molar-refractivity contribution in [1.82, 2.24) is 5.32 Å². The van der Waals surface area contributed by atoms with Crippen LogP contribution in [0, 0.1) is 6.92 Å². The number of nitrogens with one attached hydrogen (secondary N) is 1. The van der Waals surface area contributed by atoms with Gasteiger partial charge >= 0.3 is 0 Å². The van der Waals surface area contributed by atoms with E-state index in [1.54, 1.807) is 32.4 Å². The van der Waals surface area contributed by atoms with Crippen LogP contribution in [0.2, 0.25) is 0 Å². The Bertz CT molecular complexity index is 728. The molecule has 2 aromatic rings. The van der Waals surface area contributed by atoms with Crippen LogP contribution in [0.15, 0.2) is 36.4 Å². The number of carbonyl (C=O) groups excluding carboxylic acids is 1. The van der Waals surface area contributed by atoms with Crippen molar-refractivity contribution in [1.29, 1.82) is 0 Å². The zero-order valence-electron chi connectivity index (χ0n) is 15.2. The van der Waals surface area contributed by atoms with E-state index in [9.17, 15) is 4.79 Å². The fourth-order valence-electron chi connectivity index (χ4n) is 2.60. The second-order valence-corrected chi connectivity index (χ2v) is 5.62. The number of ether oxygens (including phenoxy) is 3. The van der Waals surface area contributed by atoms with Crippen molar-refractivity contribution in [3.8, 4) is 17.2 Å².